The molecule has 0 aliphatic rings. The van der Waals surface area contributed by atoms with Crippen LogP contribution in [0.15, 0.2) is 12.1 Å². The molecule has 1 aromatic rings. The van der Waals surface area contributed by atoms with Crippen molar-refractivity contribution in [3.8, 4) is 11.5 Å². The number of rotatable bonds is 3. The van der Waals surface area contributed by atoms with Crippen molar-refractivity contribution in [3.63, 3.8) is 0 Å². The Morgan fingerprint density at radius 3 is 2.39 bits per heavy atom. The molecule has 0 saturated carbocycles. The highest BCUT2D eigenvalue weighted by Crippen LogP contribution is 2.38. The smallest absolute Gasteiger partial charge is 0.454 e. The van der Waals surface area contributed by atoms with Gasteiger partial charge in [-0.15, -0.1) is 0 Å². The summed E-state index contributed by atoms with van der Waals surface area (Å²) >= 11 is 0. The number of carbonyl (C=O) groups is 1. The number of carbonyl (C=O) groups excluding carboxylic acids is 1. The Morgan fingerprint density at radius 2 is 2.00 bits per heavy atom. The van der Waals surface area contributed by atoms with Crippen molar-refractivity contribution >= 4 is 11.5 Å². The van der Waals surface area contributed by atoms with Crippen LogP contribution in [0.3, 0.4) is 0 Å². The number of phenols is 1. The number of ether oxygens (including phenoxy) is 1. The Bertz CT molecular complexity index is 512. The molecule has 0 heterocycles. The molecule has 0 spiro atoms. The first-order valence-electron chi connectivity index (χ1n) is 4.35. The Kier molecular flexibility index (Phi) is 3.44. The molecule has 9 heteroatoms. The number of aromatic hydroxyl groups is 1. The summed E-state index contributed by atoms with van der Waals surface area (Å²) < 4.78 is 41.0. The number of nitro benzene ring substituents is 1. The van der Waals surface area contributed by atoms with E-state index in [4.69, 9.17) is 0 Å². The molecule has 1 aromatic carbocycles. The summed E-state index contributed by atoms with van der Waals surface area (Å²) in [6.07, 6.45) is -5.17. The lowest BCUT2D eigenvalue weighted by Crippen LogP contribution is -2.22. The molecular weight excluding hydrogens is 259 g/mol. The number of phenolic OH excluding ortho intramolecular Hbond substituents is 1. The summed E-state index contributed by atoms with van der Waals surface area (Å²) in [5, 5.41) is 19.8. The van der Waals surface area contributed by atoms with Crippen molar-refractivity contribution in [1.29, 1.82) is 0 Å². The van der Waals surface area contributed by atoms with Crippen LogP contribution in [0.1, 0.15) is 10.4 Å². The van der Waals surface area contributed by atoms with Gasteiger partial charge >= 0.3 is 11.9 Å². The minimum Gasteiger partial charge on any atom is -0.500 e. The van der Waals surface area contributed by atoms with Crippen LogP contribution in [-0.2, 0) is 0 Å². The van der Waals surface area contributed by atoms with E-state index in [-0.39, 0.29) is 0 Å². The highest BCUT2D eigenvalue weighted by molar-refractivity contribution is 6.01. The van der Waals surface area contributed by atoms with Crippen molar-refractivity contribution in [2.24, 2.45) is 0 Å². The fourth-order valence-electron chi connectivity index (χ4n) is 1.18. The molecule has 0 radical (unpaired) electrons. The summed E-state index contributed by atoms with van der Waals surface area (Å²) in [6.45, 7) is 0. The number of alkyl halides is 3. The van der Waals surface area contributed by atoms with Gasteiger partial charge in [-0.25, -0.2) is 0 Å². The van der Waals surface area contributed by atoms with E-state index in [1.807, 2.05) is 0 Å². The molecule has 6 nitrogen and oxygen atoms in total. The molecule has 0 bridgehead atoms. The molecule has 0 fully saturated rings. The second kappa shape index (κ2) is 4.51. The number of hydrogen-bond donors (Lipinski definition) is 1. The molecule has 1 rings (SSSR count). The molecule has 0 aliphatic carbocycles. The van der Waals surface area contributed by atoms with Gasteiger partial charge in [-0.1, -0.05) is 0 Å². The average Bonchev–Trinajstić information content (AvgIpc) is 2.26. The van der Waals surface area contributed by atoms with Crippen LogP contribution in [0.25, 0.3) is 0 Å². The summed E-state index contributed by atoms with van der Waals surface area (Å²) in [4.78, 5) is 20.3. The fourth-order valence-corrected chi connectivity index (χ4v) is 1.18. The SMILES string of the molecule is COc1cc(C(=O)C(F)(F)F)cc([N+](=O)[O-])c1O. The van der Waals surface area contributed by atoms with E-state index in [9.17, 15) is 33.2 Å². The largest absolute Gasteiger partial charge is 0.500 e. The summed E-state index contributed by atoms with van der Waals surface area (Å²) in [6, 6.07) is 0.922. The zero-order chi connectivity index (χ0) is 14.1. The van der Waals surface area contributed by atoms with Crippen LogP contribution in [0, 0.1) is 10.1 Å². The van der Waals surface area contributed by atoms with E-state index >= 15 is 0 Å². The van der Waals surface area contributed by atoms with E-state index in [0.29, 0.717) is 12.1 Å². The predicted octanol–water partition coefficient (Wildman–Crippen LogP) is 2.05. The van der Waals surface area contributed by atoms with Crippen molar-refractivity contribution in [1.82, 2.24) is 0 Å². The van der Waals surface area contributed by atoms with Gasteiger partial charge in [-0.3, -0.25) is 14.9 Å². The van der Waals surface area contributed by atoms with E-state index in [0.717, 1.165) is 7.11 Å². The first-order valence-corrected chi connectivity index (χ1v) is 4.35. The number of Topliss-reactive ketones (excluding diaryl/α,β-unsaturated/α-hetero) is 1. The maximum absolute atomic E-state index is 12.2. The van der Waals surface area contributed by atoms with Gasteiger partial charge in [0.1, 0.15) is 0 Å². The van der Waals surface area contributed by atoms with Gasteiger partial charge in [-0.05, 0) is 6.07 Å². The molecule has 98 valence electrons. The maximum Gasteiger partial charge on any atom is 0.454 e. The predicted molar refractivity (Wildman–Crippen MR) is 51.7 cm³/mol. The van der Waals surface area contributed by atoms with Crippen LogP contribution in [0.2, 0.25) is 0 Å². The van der Waals surface area contributed by atoms with E-state index in [1.165, 1.54) is 0 Å². The lowest BCUT2D eigenvalue weighted by molar-refractivity contribution is -0.386. The highest BCUT2D eigenvalue weighted by Gasteiger charge is 2.40. The molecular formula is C9H6F3NO5. The number of nitro groups is 1. The standard InChI is InChI=1S/C9H6F3NO5/c1-18-6-3-4(8(15)9(10,11)12)2-5(7(6)14)13(16)17/h2-3,14H,1H3. The van der Waals surface area contributed by atoms with Crippen molar-refractivity contribution in [2.75, 3.05) is 7.11 Å². The van der Waals surface area contributed by atoms with Crippen molar-refractivity contribution in [2.45, 2.75) is 6.18 Å². The second-order valence-electron chi connectivity index (χ2n) is 3.13. The Morgan fingerprint density at radius 1 is 1.44 bits per heavy atom. The second-order valence-corrected chi connectivity index (χ2v) is 3.13. The number of methoxy groups -OCH3 is 1. The van der Waals surface area contributed by atoms with E-state index < -0.39 is 39.6 Å². The number of ketones is 1. The quantitative estimate of drug-likeness (QED) is 0.513. The molecule has 0 aliphatic heterocycles. The Labute approximate surface area is 97.7 Å². The summed E-state index contributed by atoms with van der Waals surface area (Å²) in [5.74, 6) is -3.79. The third kappa shape index (κ3) is 2.50. The number of nitrogens with zero attached hydrogens (tertiary/aromatic N) is 1. The van der Waals surface area contributed by atoms with Crippen molar-refractivity contribution in [3.05, 3.63) is 27.8 Å². The topological polar surface area (TPSA) is 89.7 Å². The van der Waals surface area contributed by atoms with Crippen LogP contribution in [0.4, 0.5) is 18.9 Å². The van der Waals surface area contributed by atoms with Crippen LogP contribution in [-0.4, -0.2) is 29.1 Å². The van der Waals surface area contributed by atoms with Gasteiger partial charge in [0.2, 0.25) is 5.75 Å². The first-order chi connectivity index (χ1) is 8.18. The van der Waals surface area contributed by atoms with E-state index in [2.05, 4.69) is 4.74 Å². The zero-order valence-corrected chi connectivity index (χ0v) is 8.82. The van der Waals surface area contributed by atoms with Gasteiger partial charge in [0.25, 0.3) is 5.78 Å². The van der Waals surface area contributed by atoms with E-state index in [1.54, 1.807) is 0 Å². The normalized spacial score (nSPS) is 11.1. The molecule has 0 atom stereocenters. The monoisotopic (exact) mass is 265 g/mol. The molecule has 0 saturated heterocycles. The van der Waals surface area contributed by atoms with Crippen LogP contribution in [0.5, 0.6) is 11.5 Å². The molecule has 0 unspecified atom stereocenters. The fraction of sp³-hybridized carbons (Fsp3) is 0.222. The summed E-state index contributed by atoms with van der Waals surface area (Å²) in [5.41, 5.74) is -2.02. The molecule has 0 aromatic heterocycles. The lowest BCUT2D eigenvalue weighted by atomic mass is 10.1. The van der Waals surface area contributed by atoms with Gasteiger partial charge in [0.15, 0.2) is 5.75 Å². The average molecular weight is 265 g/mol. The molecule has 1 N–H and O–H groups in total. The van der Waals surface area contributed by atoms with Gasteiger partial charge in [0, 0.05) is 11.6 Å². The van der Waals surface area contributed by atoms with Crippen LogP contribution >= 0.6 is 0 Å². The van der Waals surface area contributed by atoms with Gasteiger partial charge in [-0.2, -0.15) is 13.2 Å². The van der Waals surface area contributed by atoms with Crippen molar-refractivity contribution < 1.29 is 32.7 Å². The van der Waals surface area contributed by atoms with Crippen LogP contribution < -0.4 is 4.74 Å². The highest BCUT2D eigenvalue weighted by atomic mass is 19.4. The van der Waals surface area contributed by atoms with Gasteiger partial charge < -0.3 is 9.84 Å². The Hall–Kier alpha value is -2.32. The van der Waals surface area contributed by atoms with Gasteiger partial charge in [0.05, 0.1) is 12.0 Å². The zero-order valence-electron chi connectivity index (χ0n) is 8.82. The minimum atomic E-state index is -5.17. The minimum absolute atomic E-state index is 0.341. The lowest BCUT2D eigenvalue weighted by Gasteiger charge is -2.08. The number of hydrogen-bond acceptors (Lipinski definition) is 5. The first kappa shape index (κ1) is 13.7. The summed E-state index contributed by atoms with van der Waals surface area (Å²) in [7, 11) is 0.987. The maximum atomic E-state index is 12.2. The number of halogens is 3. The molecule has 0 amide bonds. The third-order valence-corrected chi connectivity index (χ3v) is 1.99. The Balaban J connectivity index is 3.44. The third-order valence-electron chi connectivity index (χ3n) is 1.99. The number of benzene rings is 1. The molecule has 18 heavy (non-hydrogen) atoms.